The van der Waals surface area contributed by atoms with Gasteiger partial charge in [-0.05, 0) is 30.0 Å². The Kier molecular flexibility index (Phi) is 1.43. The zero-order valence-corrected chi connectivity index (χ0v) is 6.91. The third kappa shape index (κ3) is 1.03. The van der Waals surface area contributed by atoms with Crippen LogP contribution in [0.3, 0.4) is 0 Å². The summed E-state index contributed by atoms with van der Waals surface area (Å²) >= 11 is 1.20. The highest BCUT2D eigenvalue weighted by atomic mass is 32.1. The van der Waals surface area contributed by atoms with E-state index in [2.05, 4.69) is 0 Å². The van der Waals surface area contributed by atoms with Crippen molar-refractivity contribution in [3.63, 3.8) is 0 Å². The standard InChI is InChI=1S/C9H7FS/c1-6-3-2-4-8-7(6)5-9(10)11-8/h2-5H,1H3. The Balaban J connectivity index is 2.90. The molecule has 0 saturated carbocycles. The van der Waals surface area contributed by atoms with Crippen LogP contribution in [0.1, 0.15) is 5.56 Å². The van der Waals surface area contributed by atoms with Gasteiger partial charge in [-0.2, -0.15) is 4.39 Å². The van der Waals surface area contributed by atoms with Gasteiger partial charge >= 0.3 is 0 Å². The molecule has 11 heavy (non-hydrogen) atoms. The zero-order chi connectivity index (χ0) is 7.84. The van der Waals surface area contributed by atoms with E-state index in [1.54, 1.807) is 6.07 Å². The van der Waals surface area contributed by atoms with Crippen LogP contribution in [0.25, 0.3) is 10.1 Å². The molecule has 0 atom stereocenters. The Hall–Kier alpha value is -0.890. The number of hydrogen-bond acceptors (Lipinski definition) is 1. The van der Waals surface area contributed by atoms with Gasteiger partial charge in [0, 0.05) is 4.70 Å². The first-order chi connectivity index (χ1) is 5.27. The molecule has 2 rings (SSSR count). The molecule has 0 fully saturated rings. The minimum atomic E-state index is -0.102. The lowest BCUT2D eigenvalue weighted by Crippen LogP contribution is -1.69. The summed E-state index contributed by atoms with van der Waals surface area (Å²) in [4.78, 5) is 0. The van der Waals surface area contributed by atoms with E-state index in [4.69, 9.17) is 0 Å². The second-order valence-corrected chi connectivity index (χ2v) is 3.57. The molecular formula is C9H7FS. The van der Waals surface area contributed by atoms with Crippen molar-refractivity contribution in [3.8, 4) is 0 Å². The van der Waals surface area contributed by atoms with E-state index in [1.807, 2.05) is 25.1 Å². The highest BCUT2D eigenvalue weighted by Gasteiger charge is 2.01. The third-order valence-corrected chi connectivity index (χ3v) is 2.64. The lowest BCUT2D eigenvalue weighted by Gasteiger charge is -1.91. The summed E-state index contributed by atoms with van der Waals surface area (Å²) in [5, 5.41) is 0.935. The normalized spacial score (nSPS) is 10.7. The van der Waals surface area contributed by atoms with E-state index < -0.39 is 0 Å². The topological polar surface area (TPSA) is 0 Å². The number of halogens is 1. The Morgan fingerprint density at radius 3 is 2.91 bits per heavy atom. The minimum Gasteiger partial charge on any atom is -0.195 e. The summed E-state index contributed by atoms with van der Waals surface area (Å²) in [6.07, 6.45) is 0. The van der Waals surface area contributed by atoms with Crippen LogP contribution in [0.2, 0.25) is 0 Å². The van der Waals surface area contributed by atoms with Crippen molar-refractivity contribution in [3.05, 3.63) is 35.0 Å². The van der Waals surface area contributed by atoms with Gasteiger partial charge in [0.15, 0.2) is 5.13 Å². The molecule has 0 aliphatic heterocycles. The summed E-state index contributed by atoms with van der Waals surface area (Å²) < 4.78 is 13.8. The lowest BCUT2D eigenvalue weighted by atomic mass is 10.2. The molecule has 0 radical (unpaired) electrons. The van der Waals surface area contributed by atoms with Crippen LogP contribution in [0, 0.1) is 12.1 Å². The fourth-order valence-corrected chi connectivity index (χ4v) is 2.04. The summed E-state index contributed by atoms with van der Waals surface area (Å²) in [5.74, 6) is 0. The number of fused-ring (bicyclic) bond motifs is 1. The van der Waals surface area contributed by atoms with E-state index >= 15 is 0 Å². The van der Waals surface area contributed by atoms with E-state index in [0.29, 0.717) is 0 Å². The molecule has 0 unspecified atom stereocenters. The quantitative estimate of drug-likeness (QED) is 0.563. The number of aryl methyl sites for hydroxylation is 1. The zero-order valence-electron chi connectivity index (χ0n) is 6.10. The predicted molar refractivity (Wildman–Crippen MR) is 46.5 cm³/mol. The smallest absolute Gasteiger partial charge is 0.177 e. The predicted octanol–water partition coefficient (Wildman–Crippen LogP) is 3.35. The van der Waals surface area contributed by atoms with E-state index in [-0.39, 0.29) is 5.13 Å². The fraction of sp³-hybridized carbons (Fsp3) is 0.111. The number of benzene rings is 1. The average molecular weight is 166 g/mol. The first-order valence-corrected chi connectivity index (χ1v) is 4.24. The van der Waals surface area contributed by atoms with Crippen molar-refractivity contribution in [1.82, 2.24) is 0 Å². The molecule has 1 heterocycles. The van der Waals surface area contributed by atoms with Crippen molar-refractivity contribution in [1.29, 1.82) is 0 Å². The molecule has 56 valence electrons. The fourth-order valence-electron chi connectivity index (χ4n) is 1.18. The van der Waals surface area contributed by atoms with Crippen molar-refractivity contribution in [2.24, 2.45) is 0 Å². The maximum Gasteiger partial charge on any atom is 0.177 e. The summed E-state index contributed by atoms with van der Waals surface area (Å²) in [5.41, 5.74) is 1.14. The van der Waals surface area contributed by atoms with Gasteiger partial charge in [-0.1, -0.05) is 12.1 Å². The lowest BCUT2D eigenvalue weighted by molar-refractivity contribution is 0.658. The molecule has 0 aliphatic carbocycles. The van der Waals surface area contributed by atoms with Crippen molar-refractivity contribution >= 4 is 21.4 Å². The highest BCUT2D eigenvalue weighted by Crippen LogP contribution is 2.26. The van der Waals surface area contributed by atoms with Gasteiger partial charge in [-0.25, -0.2) is 0 Å². The molecule has 0 spiro atoms. The molecule has 0 nitrogen and oxygen atoms in total. The SMILES string of the molecule is Cc1cccc2sc(F)cc12. The van der Waals surface area contributed by atoms with Crippen LogP contribution in [0.4, 0.5) is 4.39 Å². The van der Waals surface area contributed by atoms with Gasteiger partial charge in [-0.3, -0.25) is 0 Å². The van der Waals surface area contributed by atoms with E-state index in [9.17, 15) is 4.39 Å². The van der Waals surface area contributed by atoms with Gasteiger partial charge in [0.2, 0.25) is 0 Å². The van der Waals surface area contributed by atoms with Crippen LogP contribution >= 0.6 is 11.3 Å². The molecule has 2 aromatic rings. The van der Waals surface area contributed by atoms with Crippen LogP contribution in [-0.4, -0.2) is 0 Å². The molecule has 0 saturated heterocycles. The molecule has 2 heteroatoms. The third-order valence-electron chi connectivity index (χ3n) is 1.75. The first kappa shape index (κ1) is 6.80. The Labute approximate surface area is 68.3 Å². The monoisotopic (exact) mass is 166 g/mol. The summed E-state index contributed by atoms with van der Waals surface area (Å²) in [7, 11) is 0. The minimum absolute atomic E-state index is 0.102. The van der Waals surface area contributed by atoms with Gasteiger partial charge in [-0.15, -0.1) is 11.3 Å². The molecule has 1 aromatic carbocycles. The van der Waals surface area contributed by atoms with Gasteiger partial charge < -0.3 is 0 Å². The molecule has 1 aromatic heterocycles. The second-order valence-electron chi connectivity index (χ2n) is 2.54. The van der Waals surface area contributed by atoms with Crippen LogP contribution < -0.4 is 0 Å². The largest absolute Gasteiger partial charge is 0.195 e. The number of thiophene rings is 1. The Morgan fingerprint density at radius 2 is 2.18 bits per heavy atom. The van der Waals surface area contributed by atoms with E-state index in [1.165, 1.54) is 11.3 Å². The first-order valence-electron chi connectivity index (χ1n) is 3.42. The van der Waals surface area contributed by atoms with Crippen LogP contribution in [0.5, 0.6) is 0 Å². The van der Waals surface area contributed by atoms with Crippen molar-refractivity contribution in [2.45, 2.75) is 6.92 Å². The van der Waals surface area contributed by atoms with E-state index in [0.717, 1.165) is 15.6 Å². The van der Waals surface area contributed by atoms with Crippen LogP contribution in [-0.2, 0) is 0 Å². The van der Waals surface area contributed by atoms with Crippen molar-refractivity contribution in [2.75, 3.05) is 0 Å². The second kappa shape index (κ2) is 2.31. The highest BCUT2D eigenvalue weighted by molar-refractivity contribution is 7.17. The Bertz CT molecular complexity index is 389. The maximum absolute atomic E-state index is 12.7. The van der Waals surface area contributed by atoms with Gasteiger partial charge in [0.1, 0.15) is 0 Å². The summed E-state index contributed by atoms with van der Waals surface area (Å²) in [6, 6.07) is 7.48. The van der Waals surface area contributed by atoms with Gasteiger partial charge in [0.25, 0.3) is 0 Å². The van der Waals surface area contributed by atoms with Crippen LogP contribution in [0.15, 0.2) is 24.3 Å². The molecular weight excluding hydrogens is 159 g/mol. The summed E-state index contributed by atoms with van der Waals surface area (Å²) in [6.45, 7) is 1.99. The van der Waals surface area contributed by atoms with Gasteiger partial charge in [0.05, 0.1) is 0 Å². The molecule has 0 aliphatic rings. The molecule has 0 bridgehead atoms. The van der Waals surface area contributed by atoms with Crippen molar-refractivity contribution < 1.29 is 4.39 Å². The average Bonchev–Trinajstić information content (AvgIpc) is 2.31. The Morgan fingerprint density at radius 1 is 1.36 bits per heavy atom. The number of rotatable bonds is 0. The number of hydrogen-bond donors (Lipinski definition) is 0. The molecule has 0 N–H and O–H groups in total. The maximum atomic E-state index is 12.7. The molecule has 0 amide bonds.